The van der Waals surface area contributed by atoms with Crippen LogP contribution in [-0.4, -0.2) is 20.8 Å². The van der Waals surface area contributed by atoms with E-state index < -0.39 is 9.73 Å². The van der Waals surface area contributed by atoms with E-state index in [1.54, 1.807) is 24.3 Å². The molecule has 1 aliphatic heterocycles. The van der Waals surface area contributed by atoms with Gasteiger partial charge in [-0.1, -0.05) is 6.07 Å². The van der Waals surface area contributed by atoms with Crippen molar-refractivity contribution in [1.29, 1.82) is 0 Å². The average Bonchev–Trinajstić information content (AvgIpc) is 2.51. The molecule has 1 fully saturated rings. The van der Waals surface area contributed by atoms with Crippen molar-refractivity contribution in [3.8, 4) is 5.75 Å². The lowest BCUT2D eigenvalue weighted by Gasteiger charge is -2.00. The molecule has 0 aliphatic carbocycles. The smallest absolute Gasteiger partial charge is 0.117 e. The Balaban J connectivity index is 2.37. The molecular formula is C10H13NO2S. The van der Waals surface area contributed by atoms with Gasteiger partial charge in [-0.25, -0.2) is 4.21 Å². The summed E-state index contributed by atoms with van der Waals surface area (Å²) in [6, 6.07) is 6.61. The summed E-state index contributed by atoms with van der Waals surface area (Å²) in [7, 11) is -2.01. The molecule has 0 bridgehead atoms. The lowest BCUT2D eigenvalue weighted by atomic mass is 10.3. The molecule has 0 unspecified atom stereocenters. The third kappa shape index (κ3) is 2.07. The summed E-state index contributed by atoms with van der Waals surface area (Å²) in [5.74, 6) is 1.57. The number of nitrogens with zero attached hydrogens (tertiary/aromatic N) is 1. The number of hydrogen-bond donors (Lipinski definition) is 1. The van der Waals surface area contributed by atoms with E-state index in [0.717, 1.165) is 12.8 Å². The van der Waals surface area contributed by atoms with Crippen LogP contribution in [0.3, 0.4) is 0 Å². The van der Waals surface area contributed by atoms with Gasteiger partial charge in [0.2, 0.25) is 0 Å². The summed E-state index contributed by atoms with van der Waals surface area (Å²) in [5, 5.41) is 9.22. The topological polar surface area (TPSA) is 49.7 Å². The van der Waals surface area contributed by atoms with E-state index in [0.29, 0.717) is 17.2 Å². The zero-order chi connectivity index (χ0) is 10.0. The summed E-state index contributed by atoms with van der Waals surface area (Å²) >= 11 is 0. The minimum Gasteiger partial charge on any atom is -0.508 e. The predicted octanol–water partition coefficient (Wildman–Crippen LogP) is 2.29. The van der Waals surface area contributed by atoms with Crippen LogP contribution in [0.1, 0.15) is 12.8 Å². The van der Waals surface area contributed by atoms with Crippen molar-refractivity contribution in [2.24, 2.45) is 4.36 Å². The Morgan fingerprint density at radius 1 is 1.29 bits per heavy atom. The van der Waals surface area contributed by atoms with Gasteiger partial charge in [0.15, 0.2) is 0 Å². The van der Waals surface area contributed by atoms with Crippen LogP contribution in [0.4, 0.5) is 5.69 Å². The molecule has 3 nitrogen and oxygen atoms in total. The molecule has 2 rings (SSSR count). The molecular weight excluding hydrogens is 198 g/mol. The van der Waals surface area contributed by atoms with E-state index in [9.17, 15) is 9.32 Å². The monoisotopic (exact) mass is 211 g/mol. The van der Waals surface area contributed by atoms with Gasteiger partial charge in [-0.15, -0.1) is 0 Å². The first-order valence-corrected chi connectivity index (χ1v) is 6.55. The number of benzene rings is 1. The van der Waals surface area contributed by atoms with E-state index >= 15 is 0 Å². The van der Waals surface area contributed by atoms with E-state index in [1.165, 1.54) is 0 Å². The average molecular weight is 211 g/mol. The van der Waals surface area contributed by atoms with Crippen molar-refractivity contribution >= 4 is 15.4 Å². The Labute approximate surface area is 84.0 Å². The van der Waals surface area contributed by atoms with Gasteiger partial charge >= 0.3 is 0 Å². The second-order valence-corrected chi connectivity index (χ2v) is 6.04. The van der Waals surface area contributed by atoms with Crippen LogP contribution in [-0.2, 0) is 9.73 Å². The Hall–Kier alpha value is -1.03. The largest absolute Gasteiger partial charge is 0.508 e. The summed E-state index contributed by atoms with van der Waals surface area (Å²) in [6.45, 7) is 0. The van der Waals surface area contributed by atoms with Gasteiger partial charge in [0, 0.05) is 17.6 Å². The second-order valence-electron chi connectivity index (χ2n) is 3.50. The zero-order valence-electron chi connectivity index (χ0n) is 7.85. The highest BCUT2D eigenvalue weighted by molar-refractivity contribution is 7.93. The van der Waals surface area contributed by atoms with Gasteiger partial charge in [-0.2, -0.15) is 4.36 Å². The molecule has 1 aromatic rings. The fourth-order valence-electron chi connectivity index (χ4n) is 1.59. The Bertz CT molecular complexity index is 435. The molecule has 1 heterocycles. The van der Waals surface area contributed by atoms with Gasteiger partial charge in [0.1, 0.15) is 5.75 Å². The van der Waals surface area contributed by atoms with Crippen molar-refractivity contribution in [2.75, 3.05) is 11.5 Å². The predicted molar refractivity (Wildman–Crippen MR) is 57.3 cm³/mol. The Morgan fingerprint density at radius 3 is 2.64 bits per heavy atom. The normalized spacial score (nSPS) is 19.4. The molecule has 1 N–H and O–H groups in total. The molecule has 1 aromatic carbocycles. The number of aromatic hydroxyl groups is 1. The number of phenols is 1. The summed E-state index contributed by atoms with van der Waals surface area (Å²) < 4.78 is 16.2. The molecule has 14 heavy (non-hydrogen) atoms. The molecule has 0 spiro atoms. The van der Waals surface area contributed by atoms with Crippen molar-refractivity contribution in [3.63, 3.8) is 0 Å². The molecule has 1 saturated heterocycles. The van der Waals surface area contributed by atoms with Crippen molar-refractivity contribution in [2.45, 2.75) is 12.8 Å². The summed E-state index contributed by atoms with van der Waals surface area (Å²) in [4.78, 5) is 0. The number of rotatable bonds is 1. The third-order valence-corrected chi connectivity index (χ3v) is 4.67. The maximum atomic E-state index is 12.0. The van der Waals surface area contributed by atoms with Crippen LogP contribution in [0.25, 0.3) is 0 Å². The molecule has 76 valence electrons. The van der Waals surface area contributed by atoms with Crippen LogP contribution in [0.2, 0.25) is 0 Å². The fourth-order valence-corrected chi connectivity index (χ4v) is 3.79. The highest BCUT2D eigenvalue weighted by Gasteiger charge is 2.16. The van der Waals surface area contributed by atoms with Gasteiger partial charge < -0.3 is 5.11 Å². The van der Waals surface area contributed by atoms with E-state index in [4.69, 9.17) is 0 Å². The molecule has 0 aromatic heterocycles. The quantitative estimate of drug-likeness (QED) is 0.774. The fraction of sp³-hybridized carbons (Fsp3) is 0.400. The molecule has 0 atom stereocenters. The first-order valence-electron chi connectivity index (χ1n) is 4.70. The zero-order valence-corrected chi connectivity index (χ0v) is 8.67. The van der Waals surface area contributed by atoms with Gasteiger partial charge in [0.05, 0.1) is 15.4 Å². The molecule has 0 amide bonds. The van der Waals surface area contributed by atoms with Gasteiger partial charge in [0.25, 0.3) is 0 Å². The molecule has 0 radical (unpaired) electrons. The van der Waals surface area contributed by atoms with Gasteiger partial charge in [-0.3, -0.25) is 0 Å². The summed E-state index contributed by atoms with van der Waals surface area (Å²) in [6.07, 6.45) is 2.00. The first kappa shape index (κ1) is 9.52. The van der Waals surface area contributed by atoms with Crippen molar-refractivity contribution in [1.82, 2.24) is 0 Å². The summed E-state index contributed by atoms with van der Waals surface area (Å²) in [5.41, 5.74) is 0.622. The molecule has 4 heteroatoms. The molecule has 1 aliphatic rings. The van der Waals surface area contributed by atoms with E-state index in [-0.39, 0.29) is 5.75 Å². The number of hydrogen-bond acceptors (Lipinski definition) is 3. The minimum absolute atomic E-state index is 0.173. The van der Waals surface area contributed by atoms with Crippen LogP contribution in [0.15, 0.2) is 28.6 Å². The maximum Gasteiger partial charge on any atom is 0.117 e. The molecule has 0 saturated carbocycles. The highest BCUT2D eigenvalue weighted by atomic mass is 32.2. The van der Waals surface area contributed by atoms with E-state index in [1.807, 2.05) is 0 Å². The second kappa shape index (κ2) is 3.61. The van der Waals surface area contributed by atoms with Crippen molar-refractivity contribution in [3.05, 3.63) is 24.3 Å². The first-order chi connectivity index (χ1) is 6.68. The highest BCUT2D eigenvalue weighted by Crippen LogP contribution is 2.23. The van der Waals surface area contributed by atoms with Crippen LogP contribution < -0.4 is 0 Å². The van der Waals surface area contributed by atoms with E-state index in [2.05, 4.69) is 4.36 Å². The van der Waals surface area contributed by atoms with Crippen LogP contribution in [0.5, 0.6) is 5.75 Å². The lowest BCUT2D eigenvalue weighted by molar-refractivity contribution is 0.475. The standard InChI is InChI=1S/C10H13NO2S/c12-10-5-3-4-9(8-10)11-14(13)6-1-2-7-14/h3-5,8,12H,1-2,6-7H2. The van der Waals surface area contributed by atoms with Gasteiger partial charge in [-0.05, 0) is 25.0 Å². The van der Waals surface area contributed by atoms with Crippen LogP contribution in [0, 0.1) is 0 Å². The Kier molecular flexibility index (Phi) is 2.46. The SMILES string of the molecule is O=S1(=Nc2cccc(O)c2)CCCC1. The minimum atomic E-state index is -2.01. The van der Waals surface area contributed by atoms with Crippen molar-refractivity contribution < 1.29 is 9.32 Å². The Morgan fingerprint density at radius 2 is 2.00 bits per heavy atom. The maximum absolute atomic E-state index is 12.0. The van der Waals surface area contributed by atoms with Crippen LogP contribution >= 0.6 is 0 Å². The third-order valence-electron chi connectivity index (χ3n) is 2.28. The lowest BCUT2D eigenvalue weighted by Crippen LogP contribution is -1.99. The number of phenolic OH excluding ortho intramolecular Hbond substituents is 1.